The lowest BCUT2D eigenvalue weighted by Gasteiger charge is -2.17. The third-order valence-electron chi connectivity index (χ3n) is 2.57. The smallest absolute Gasteiger partial charge is 0.315 e. The fraction of sp³-hybridized carbons (Fsp3) is 0.500. The normalized spacial score (nSPS) is 12.3. The molecule has 2 amide bonds. The van der Waals surface area contributed by atoms with E-state index in [2.05, 4.69) is 29.5 Å². The molecular formula is C12H18ClN3O. The Kier molecular flexibility index (Phi) is 5.22. The summed E-state index contributed by atoms with van der Waals surface area (Å²) in [7, 11) is 0. The second-order valence-electron chi connectivity index (χ2n) is 4.33. The van der Waals surface area contributed by atoms with Gasteiger partial charge in [0.1, 0.15) is 0 Å². The topological polar surface area (TPSA) is 54.0 Å². The lowest BCUT2D eigenvalue weighted by Crippen LogP contribution is -2.42. The zero-order valence-electron chi connectivity index (χ0n) is 10.3. The number of nitrogens with zero attached hydrogens (tertiary/aromatic N) is 1. The number of amides is 2. The van der Waals surface area contributed by atoms with Crippen molar-refractivity contribution in [1.82, 2.24) is 15.6 Å². The molecule has 4 nitrogen and oxygen atoms in total. The molecule has 0 fully saturated rings. The number of carbonyl (C=O) groups is 1. The minimum atomic E-state index is -0.187. The summed E-state index contributed by atoms with van der Waals surface area (Å²) in [6.07, 6.45) is 1.62. The molecule has 5 heteroatoms. The average molecular weight is 256 g/mol. The quantitative estimate of drug-likeness (QED) is 0.869. The largest absolute Gasteiger partial charge is 0.335 e. The Hall–Kier alpha value is -1.29. The molecule has 2 N–H and O–H groups in total. The van der Waals surface area contributed by atoms with Crippen molar-refractivity contribution in [3.63, 3.8) is 0 Å². The van der Waals surface area contributed by atoms with Gasteiger partial charge in [0.2, 0.25) is 0 Å². The summed E-state index contributed by atoms with van der Waals surface area (Å²) in [6.45, 7) is 6.46. The van der Waals surface area contributed by atoms with Gasteiger partial charge in [-0.25, -0.2) is 4.79 Å². The standard InChI is InChI=1S/C12H18ClN3O/c1-8(2)9(3)16-12(17)15-7-11-6-10(13)4-5-14-11/h4-6,8-9H,7H2,1-3H3,(H2,15,16,17). The summed E-state index contributed by atoms with van der Waals surface area (Å²) < 4.78 is 0. The van der Waals surface area contributed by atoms with Crippen LogP contribution >= 0.6 is 11.6 Å². The van der Waals surface area contributed by atoms with Crippen LogP contribution in [0.2, 0.25) is 5.02 Å². The van der Waals surface area contributed by atoms with Crippen LogP contribution in [0.25, 0.3) is 0 Å². The minimum absolute atomic E-state index is 0.141. The predicted molar refractivity (Wildman–Crippen MR) is 68.9 cm³/mol. The maximum atomic E-state index is 11.5. The first-order valence-corrected chi connectivity index (χ1v) is 6.01. The third-order valence-corrected chi connectivity index (χ3v) is 2.80. The Bertz CT molecular complexity index is 382. The number of urea groups is 1. The van der Waals surface area contributed by atoms with E-state index in [4.69, 9.17) is 11.6 Å². The maximum absolute atomic E-state index is 11.5. The molecule has 1 aromatic heterocycles. The Labute approximate surface area is 107 Å². The first-order chi connectivity index (χ1) is 7.99. The molecular weight excluding hydrogens is 238 g/mol. The third kappa shape index (κ3) is 5.04. The van der Waals surface area contributed by atoms with Crippen molar-refractivity contribution in [1.29, 1.82) is 0 Å². The number of halogens is 1. The Morgan fingerprint density at radius 1 is 1.47 bits per heavy atom. The van der Waals surface area contributed by atoms with Gasteiger partial charge in [0.05, 0.1) is 12.2 Å². The fourth-order valence-electron chi connectivity index (χ4n) is 1.14. The highest BCUT2D eigenvalue weighted by Gasteiger charge is 2.10. The van der Waals surface area contributed by atoms with Gasteiger partial charge in [-0.2, -0.15) is 0 Å². The summed E-state index contributed by atoms with van der Waals surface area (Å²) in [6, 6.07) is 3.38. The summed E-state index contributed by atoms with van der Waals surface area (Å²) in [5, 5.41) is 6.21. The zero-order valence-corrected chi connectivity index (χ0v) is 11.1. The van der Waals surface area contributed by atoms with Crippen LogP contribution < -0.4 is 10.6 Å². The van der Waals surface area contributed by atoms with Crippen molar-refractivity contribution in [3.8, 4) is 0 Å². The van der Waals surface area contributed by atoms with Gasteiger partial charge >= 0.3 is 6.03 Å². The summed E-state index contributed by atoms with van der Waals surface area (Å²) in [5.74, 6) is 0.407. The number of hydrogen-bond donors (Lipinski definition) is 2. The first kappa shape index (κ1) is 13.8. The van der Waals surface area contributed by atoms with Crippen LogP contribution in [0.5, 0.6) is 0 Å². The van der Waals surface area contributed by atoms with Crippen LogP contribution in [0, 0.1) is 5.92 Å². The van der Waals surface area contributed by atoms with Gasteiger partial charge in [-0.1, -0.05) is 25.4 Å². The zero-order chi connectivity index (χ0) is 12.8. The monoisotopic (exact) mass is 255 g/mol. The van der Waals surface area contributed by atoms with Crippen molar-refractivity contribution in [2.45, 2.75) is 33.4 Å². The molecule has 94 valence electrons. The number of hydrogen-bond acceptors (Lipinski definition) is 2. The van der Waals surface area contributed by atoms with Crippen molar-refractivity contribution in [2.24, 2.45) is 5.92 Å². The van der Waals surface area contributed by atoms with Gasteiger partial charge in [-0.3, -0.25) is 4.98 Å². The first-order valence-electron chi connectivity index (χ1n) is 5.64. The van der Waals surface area contributed by atoms with Gasteiger partial charge in [0, 0.05) is 17.3 Å². The number of aromatic nitrogens is 1. The van der Waals surface area contributed by atoms with Crippen molar-refractivity contribution in [3.05, 3.63) is 29.0 Å². The van der Waals surface area contributed by atoms with E-state index in [1.807, 2.05) is 6.92 Å². The highest BCUT2D eigenvalue weighted by Crippen LogP contribution is 2.07. The van der Waals surface area contributed by atoms with E-state index < -0.39 is 0 Å². The van der Waals surface area contributed by atoms with E-state index in [9.17, 15) is 4.79 Å². The van der Waals surface area contributed by atoms with E-state index in [1.165, 1.54) is 0 Å². The molecule has 0 spiro atoms. The minimum Gasteiger partial charge on any atom is -0.335 e. The van der Waals surface area contributed by atoms with Gasteiger partial charge in [-0.05, 0) is 25.0 Å². The maximum Gasteiger partial charge on any atom is 0.315 e. The molecule has 0 saturated heterocycles. The Morgan fingerprint density at radius 3 is 2.76 bits per heavy atom. The molecule has 1 atom stereocenters. The average Bonchev–Trinajstić information content (AvgIpc) is 2.26. The molecule has 0 aliphatic heterocycles. The molecule has 1 rings (SSSR count). The molecule has 1 aromatic rings. The van der Waals surface area contributed by atoms with Crippen molar-refractivity contribution >= 4 is 17.6 Å². The second-order valence-corrected chi connectivity index (χ2v) is 4.76. The molecule has 0 bridgehead atoms. The summed E-state index contributed by atoms with van der Waals surface area (Å²) in [5.41, 5.74) is 0.741. The lowest BCUT2D eigenvalue weighted by molar-refractivity contribution is 0.234. The molecule has 0 aliphatic rings. The van der Waals surface area contributed by atoms with Crippen LogP contribution in [0.15, 0.2) is 18.3 Å². The van der Waals surface area contributed by atoms with E-state index in [0.717, 1.165) is 5.69 Å². The summed E-state index contributed by atoms with van der Waals surface area (Å²) in [4.78, 5) is 15.6. The number of rotatable bonds is 4. The number of nitrogens with one attached hydrogen (secondary N) is 2. The molecule has 1 unspecified atom stereocenters. The molecule has 0 saturated carbocycles. The summed E-state index contributed by atoms with van der Waals surface area (Å²) >= 11 is 5.82. The van der Waals surface area contributed by atoms with Crippen LogP contribution in [0.3, 0.4) is 0 Å². The van der Waals surface area contributed by atoms with Gasteiger partial charge in [0.15, 0.2) is 0 Å². The second kappa shape index (κ2) is 6.45. The van der Waals surface area contributed by atoms with Gasteiger partial charge in [-0.15, -0.1) is 0 Å². The molecule has 1 heterocycles. The van der Waals surface area contributed by atoms with Crippen LogP contribution in [-0.2, 0) is 6.54 Å². The van der Waals surface area contributed by atoms with E-state index in [-0.39, 0.29) is 12.1 Å². The Morgan fingerprint density at radius 2 is 2.18 bits per heavy atom. The van der Waals surface area contributed by atoms with E-state index in [0.29, 0.717) is 17.5 Å². The van der Waals surface area contributed by atoms with Crippen molar-refractivity contribution in [2.75, 3.05) is 0 Å². The predicted octanol–water partition coefficient (Wildman–Crippen LogP) is 2.58. The van der Waals surface area contributed by atoms with Crippen LogP contribution in [0.4, 0.5) is 4.79 Å². The van der Waals surface area contributed by atoms with Crippen LogP contribution in [-0.4, -0.2) is 17.1 Å². The molecule has 0 aromatic carbocycles. The van der Waals surface area contributed by atoms with Gasteiger partial charge in [0.25, 0.3) is 0 Å². The molecule has 17 heavy (non-hydrogen) atoms. The number of pyridine rings is 1. The van der Waals surface area contributed by atoms with Gasteiger partial charge < -0.3 is 10.6 Å². The number of carbonyl (C=O) groups excluding carboxylic acids is 1. The van der Waals surface area contributed by atoms with E-state index in [1.54, 1.807) is 18.3 Å². The fourth-order valence-corrected chi connectivity index (χ4v) is 1.32. The molecule has 0 aliphatic carbocycles. The Balaban J connectivity index is 2.38. The highest BCUT2D eigenvalue weighted by molar-refractivity contribution is 6.30. The van der Waals surface area contributed by atoms with Crippen LogP contribution in [0.1, 0.15) is 26.5 Å². The molecule has 0 radical (unpaired) electrons. The van der Waals surface area contributed by atoms with Crippen molar-refractivity contribution < 1.29 is 4.79 Å². The SMILES string of the molecule is CC(C)C(C)NC(=O)NCc1cc(Cl)ccn1. The lowest BCUT2D eigenvalue weighted by atomic mass is 10.1. The highest BCUT2D eigenvalue weighted by atomic mass is 35.5. The van der Waals surface area contributed by atoms with E-state index >= 15 is 0 Å².